The average Bonchev–Trinajstić information content (AvgIpc) is 3.41. The minimum Gasteiger partial charge on any atom is -0.357 e. The van der Waals surface area contributed by atoms with E-state index in [1.54, 1.807) is 0 Å². The van der Waals surface area contributed by atoms with Crippen LogP contribution < -0.4 is 10.6 Å². The number of nitrogens with one attached hydrogen (secondary N) is 2. The molecule has 1 aromatic carbocycles. The molecule has 3 rings (SSSR count). The summed E-state index contributed by atoms with van der Waals surface area (Å²) in [7, 11) is 0. The van der Waals surface area contributed by atoms with Gasteiger partial charge in [-0.2, -0.15) is 0 Å². The van der Waals surface area contributed by atoms with E-state index in [1.165, 1.54) is 18.4 Å². The first-order valence-corrected chi connectivity index (χ1v) is 9.26. The van der Waals surface area contributed by atoms with Crippen molar-refractivity contribution in [2.45, 2.75) is 32.6 Å². The van der Waals surface area contributed by atoms with Gasteiger partial charge in [0.05, 0.1) is 0 Å². The Hall–Kier alpha value is -2.36. The van der Waals surface area contributed by atoms with Crippen LogP contribution in [0.15, 0.2) is 59.7 Å². The molecule has 0 amide bonds. The Balaban J connectivity index is 1.51. The summed E-state index contributed by atoms with van der Waals surface area (Å²) in [5.74, 6) is 0.915. The normalized spacial score (nSPS) is 15.6. The standard InChI is InChI=1S/C21H28N4/c1-2-22-20(24-15-11-19-10-6-7-14-23-19)25-17-21(12-13-21)16-18-8-4-3-5-9-18/h3-10,14H,2,11-13,15-17H2,1H3,(H2,22,24,25). The van der Waals surface area contributed by atoms with E-state index < -0.39 is 0 Å². The Morgan fingerprint density at radius 3 is 2.56 bits per heavy atom. The molecule has 0 atom stereocenters. The van der Waals surface area contributed by atoms with Crippen LogP contribution >= 0.6 is 0 Å². The number of guanidine groups is 1. The third-order valence-corrected chi connectivity index (χ3v) is 4.70. The molecule has 0 saturated heterocycles. The van der Waals surface area contributed by atoms with Gasteiger partial charge in [-0.05, 0) is 49.3 Å². The van der Waals surface area contributed by atoms with Crippen molar-refractivity contribution >= 4 is 5.96 Å². The van der Waals surface area contributed by atoms with Gasteiger partial charge in [0.25, 0.3) is 0 Å². The Labute approximate surface area is 150 Å². The van der Waals surface area contributed by atoms with Gasteiger partial charge in [0.1, 0.15) is 0 Å². The summed E-state index contributed by atoms with van der Waals surface area (Å²) >= 11 is 0. The van der Waals surface area contributed by atoms with Gasteiger partial charge in [0.2, 0.25) is 0 Å². The summed E-state index contributed by atoms with van der Waals surface area (Å²) in [5, 5.41) is 6.78. The second-order valence-electron chi connectivity index (χ2n) is 6.86. The zero-order valence-electron chi connectivity index (χ0n) is 15.0. The molecule has 4 heteroatoms. The molecule has 0 radical (unpaired) electrons. The maximum Gasteiger partial charge on any atom is 0.191 e. The number of nitrogens with zero attached hydrogens (tertiary/aromatic N) is 2. The van der Waals surface area contributed by atoms with Crippen molar-refractivity contribution in [3.05, 3.63) is 66.0 Å². The molecule has 2 aromatic rings. The molecule has 1 aliphatic carbocycles. The van der Waals surface area contributed by atoms with Crippen LogP contribution in [0.1, 0.15) is 31.0 Å². The monoisotopic (exact) mass is 336 g/mol. The SMILES string of the molecule is CCNC(=NCC1(Cc2ccccc2)CC1)NCCc1ccccn1. The van der Waals surface area contributed by atoms with Crippen molar-refractivity contribution in [3.63, 3.8) is 0 Å². The summed E-state index contributed by atoms with van der Waals surface area (Å²) in [5.41, 5.74) is 2.89. The molecule has 0 bridgehead atoms. The highest BCUT2D eigenvalue weighted by Gasteiger charge is 2.42. The molecular formula is C21H28N4. The van der Waals surface area contributed by atoms with Crippen LogP contribution in [0.5, 0.6) is 0 Å². The zero-order chi connectivity index (χ0) is 17.4. The van der Waals surface area contributed by atoms with E-state index in [9.17, 15) is 0 Å². The van der Waals surface area contributed by atoms with Crippen LogP contribution in [0.2, 0.25) is 0 Å². The summed E-state index contributed by atoms with van der Waals surface area (Å²) < 4.78 is 0. The van der Waals surface area contributed by atoms with Crippen molar-refractivity contribution in [2.75, 3.05) is 19.6 Å². The minimum atomic E-state index is 0.366. The van der Waals surface area contributed by atoms with Crippen molar-refractivity contribution < 1.29 is 0 Å². The third-order valence-electron chi connectivity index (χ3n) is 4.70. The van der Waals surface area contributed by atoms with Gasteiger partial charge < -0.3 is 10.6 Å². The van der Waals surface area contributed by atoms with Crippen molar-refractivity contribution in [2.24, 2.45) is 10.4 Å². The maximum absolute atomic E-state index is 4.85. The maximum atomic E-state index is 4.85. The number of hydrogen-bond donors (Lipinski definition) is 2. The molecule has 2 N–H and O–H groups in total. The third kappa shape index (κ3) is 5.59. The van der Waals surface area contributed by atoms with Crippen LogP contribution in [-0.4, -0.2) is 30.6 Å². The molecule has 132 valence electrons. The predicted molar refractivity (Wildman–Crippen MR) is 104 cm³/mol. The fourth-order valence-corrected chi connectivity index (χ4v) is 3.04. The van der Waals surface area contributed by atoms with E-state index in [0.717, 1.165) is 44.1 Å². The summed E-state index contributed by atoms with van der Waals surface area (Å²) in [4.78, 5) is 9.21. The van der Waals surface area contributed by atoms with Crippen LogP contribution in [0.3, 0.4) is 0 Å². The largest absolute Gasteiger partial charge is 0.357 e. The fraction of sp³-hybridized carbons (Fsp3) is 0.429. The Bertz CT molecular complexity index is 663. The minimum absolute atomic E-state index is 0.366. The highest BCUT2D eigenvalue weighted by molar-refractivity contribution is 5.79. The topological polar surface area (TPSA) is 49.3 Å². The first-order valence-electron chi connectivity index (χ1n) is 9.26. The Kier molecular flexibility index (Phi) is 6.04. The molecular weight excluding hydrogens is 308 g/mol. The van der Waals surface area contributed by atoms with E-state index in [4.69, 9.17) is 4.99 Å². The second-order valence-corrected chi connectivity index (χ2v) is 6.86. The van der Waals surface area contributed by atoms with E-state index in [0.29, 0.717) is 5.41 Å². The number of aliphatic imine (C=N–C) groups is 1. The van der Waals surface area contributed by atoms with Crippen LogP contribution in [0, 0.1) is 5.41 Å². The predicted octanol–water partition coefficient (Wildman–Crippen LogP) is 3.20. The number of rotatable bonds is 8. The van der Waals surface area contributed by atoms with E-state index >= 15 is 0 Å². The molecule has 25 heavy (non-hydrogen) atoms. The second kappa shape index (κ2) is 8.65. The van der Waals surface area contributed by atoms with Crippen molar-refractivity contribution in [1.82, 2.24) is 15.6 Å². The number of hydrogen-bond acceptors (Lipinski definition) is 2. The van der Waals surface area contributed by atoms with Gasteiger partial charge >= 0.3 is 0 Å². The van der Waals surface area contributed by atoms with E-state index in [1.807, 2.05) is 18.3 Å². The molecule has 1 saturated carbocycles. The first-order chi connectivity index (χ1) is 12.3. The number of aromatic nitrogens is 1. The van der Waals surface area contributed by atoms with Gasteiger partial charge in [0.15, 0.2) is 5.96 Å². The van der Waals surface area contributed by atoms with Crippen LogP contribution in [0.25, 0.3) is 0 Å². The molecule has 1 heterocycles. The molecule has 4 nitrogen and oxygen atoms in total. The Morgan fingerprint density at radius 2 is 1.88 bits per heavy atom. The molecule has 0 spiro atoms. The molecule has 0 aliphatic heterocycles. The van der Waals surface area contributed by atoms with Crippen LogP contribution in [0.4, 0.5) is 0 Å². The van der Waals surface area contributed by atoms with Crippen molar-refractivity contribution in [3.8, 4) is 0 Å². The summed E-state index contributed by atoms with van der Waals surface area (Å²) in [6.07, 6.45) is 6.43. The average molecular weight is 336 g/mol. The van der Waals surface area contributed by atoms with Gasteiger partial charge in [-0.15, -0.1) is 0 Å². The van der Waals surface area contributed by atoms with Crippen LogP contribution in [-0.2, 0) is 12.8 Å². The molecule has 0 unspecified atom stereocenters. The molecule has 1 aliphatic rings. The number of benzene rings is 1. The highest BCUT2D eigenvalue weighted by Crippen LogP contribution is 2.48. The van der Waals surface area contributed by atoms with Gasteiger partial charge in [-0.25, -0.2) is 0 Å². The lowest BCUT2D eigenvalue weighted by atomic mass is 9.97. The van der Waals surface area contributed by atoms with Gasteiger partial charge in [-0.1, -0.05) is 36.4 Å². The molecule has 1 fully saturated rings. The van der Waals surface area contributed by atoms with E-state index in [-0.39, 0.29) is 0 Å². The highest BCUT2D eigenvalue weighted by atomic mass is 15.2. The zero-order valence-corrected chi connectivity index (χ0v) is 15.0. The lowest BCUT2D eigenvalue weighted by Gasteiger charge is -2.15. The quantitative estimate of drug-likeness (QED) is 0.575. The summed E-state index contributed by atoms with van der Waals surface area (Å²) in [6, 6.07) is 16.8. The van der Waals surface area contributed by atoms with Crippen molar-refractivity contribution in [1.29, 1.82) is 0 Å². The fourth-order valence-electron chi connectivity index (χ4n) is 3.04. The lowest BCUT2D eigenvalue weighted by Crippen LogP contribution is -2.39. The van der Waals surface area contributed by atoms with Gasteiger partial charge in [-0.3, -0.25) is 9.98 Å². The molecule has 1 aromatic heterocycles. The smallest absolute Gasteiger partial charge is 0.191 e. The first kappa shape index (κ1) is 17.5. The van der Waals surface area contributed by atoms with Gasteiger partial charge in [0, 0.05) is 37.9 Å². The summed E-state index contributed by atoms with van der Waals surface area (Å²) in [6.45, 7) is 4.71. The Morgan fingerprint density at radius 1 is 1.08 bits per heavy atom. The van der Waals surface area contributed by atoms with E-state index in [2.05, 4.69) is 58.9 Å². The number of pyridine rings is 1. The lowest BCUT2D eigenvalue weighted by molar-refractivity contribution is 0.519.